The summed E-state index contributed by atoms with van der Waals surface area (Å²) in [5.41, 5.74) is 1.34. The highest BCUT2D eigenvalue weighted by Gasteiger charge is 2.37. The number of amides is 1. The van der Waals surface area contributed by atoms with Gasteiger partial charge in [-0.1, -0.05) is 48.5 Å². The topological polar surface area (TPSA) is 46.6 Å². The van der Waals surface area contributed by atoms with E-state index in [4.69, 9.17) is 4.84 Å². The number of anilines is 1. The Bertz CT molecular complexity index is 677. The van der Waals surface area contributed by atoms with E-state index >= 15 is 0 Å². The number of para-hydroxylation sites is 1. The number of carbonyl (C=O) groups is 2. The molecule has 2 aromatic rings. The molecular formula is C16H11NO3. The molecule has 0 atom stereocenters. The summed E-state index contributed by atoms with van der Waals surface area (Å²) in [5.74, 6) is -1.09. The standard InChI is InChI=1S/C16H11NO3/c18-15-14(11-12-7-3-1-4-8-12)16(19)20-17(15)13-9-5-2-6-10-13/h1-11H/b14-11-. The number of hydroxylamine groups is 1. The second-order valence-electron chi connectivity index (χ2n) is 4.28. The predicted octanol–water partition coefficient (Wildman–Crippen LogP) is 2.58. The molecule has 1 amide bonds. The Morgan fingerprint density at radius 2 is 1.45 bits per heavy atom. The monoisotopic (exact) mass is 265 g/mol. The lowest BCUT2D eigenvalue weighted by Gasteiger charge is -2.11. The van der Waals surface area contributed by atoms with E-state index in [9.17, 15) is 9.59 Å². The molecule has 0 aromatic heterocycles. The van der Waals surface area contributed by atoms with Gasteiger partial charge in [-0.15, -0.1) is 5.06 Å². The van der Waals surface area contributed by atoms with E-state index in [1.165, 1.54) is 6.08 Å². The third-order valence-corrected chi connectivity index (χ3v) is 2.91. The second-order valence-corrected chi connectivity index (χ2v) is 4.28. The molecule has 0 radical (unpaired) electrons. The van der Waals surface area contributed by atoms with Gasteiger partial charge in [-0.05, 0) is 23.8 Å². The van der Waals surface area contributed by atoms with Crippen molar-refractivity contribution < 1.29 is 14.4 Å². The Morgan fingerprint density at radius 3 is 2.10 bits per heavy atom. The number of hydrogen-bond acceptors (Lipinski definition) is 3. The van der Waals surface area contributed by atoms with Gasteiger partial charge in [-0.2, -0.15) is 0 Å². The van der Waals surface area contributed by atoms with Crippen LogP contribution < -0.4 is 5.06 Å². The third kappa shape index (κ3) is 2.19. The molecule has 1 saturated heterocycles. The first kappa shape index (κ1) is 12.2. The fourth-order valence-electron chi connectivity index (χ4n) is 1.94. The van der Waals surface area contributed by atoms with Crippen LogP contribution in [0.3, 0.4) is 0 Å². The van der Waals surface area contributed by atoms with Gasteiger partial charge < -0.3 is 4.84 Å². The van der Waals surface area contributed by atoms with E-state index in [2.05, 4.69) is 0 Å². The van der Waals surface area contributed by atoms with Crippen LogP contribution in [0.25, 0.3) is 6.08 Å². The summed E-state index contributed by atoms with van der Waals surface area (Å²) in [6.07, 6.45) is 1.54. The van der Waals surface area contributed by atoms with Gasteiger partial charge in [0.05, 0.1) is 5.69 Å². The molecule has 1 fully saturated rings. The van der Waals surface area contributed by atoms with Gasteiger partial charge in [-0.3, -0.25) is 4.79 Å². The zero-order valence-corrected chi connectivity index (χ0v) is 10.5. The summed E-state index contributed by atoms with van der Waals surface area (Å²) in [7, 11) is 0. The Labute approximate surface area is 115 Å². The van der Waals surface area contributed by atoms with Gasteiger partial charge in [-0.25, -0.2) is 4.79 Å². The summed E-state index contributed by atoms with van der Waals surface area (Å²) in [6.45, 7) is 0. The van der Waals surface area contributed by atoms with Crippen LogP contribution >= 0.6 is 0 Å². The van der Waals surface area contributed by atoms with E-state index in [1.54, 1.807) is 24.3 Å². The molecule has 0 N–H and O–H groups in total. The molecule has 3 rings (SSSR count). The summed E-state index contributed by atoms with van der Waals surface area (Å²) < 4.78 is 0. The van der Waals surface area contributed by atoms with Gasteiger partial charge in [0.15, 0.2) is 0 Å². The van der Waals surface area contributed by atoms with Crippen LogP contribution in [0.4, 0.5) is 5.69 Å². The van der Waals surface area contributed by atoms with Crippen molar-refractivity contribution in [2.45, 2.75) is 0 Å². The fraction of sp³-hybridized carbons (Fsp3) is 0. The number of hydrogen-bond donors (Lipinski definition) is 0. The molecule has 0 aliphatic carbocycles. The zero-order valence-electron chi connectivity index (χ0n) is 10.5. The molecule has 2 aromatic carbocycles. The zero-order chi connectivity index (χ0) is 13.9. The van der Waals surface area contributed by atoms with Crippen LogP contribution in [-0.2, 0) is 14.4 Å². The molecule has 4 nitrogen and oxygen atoms in total. The van der Waals surface area contributed by atoms with Crippen LogP contribution in [0, 0.1) is 0 Å². The summed E-state index contributed by atoms with van der Waals surface area (Å²) in [4.78, 5) is 29.1. The predicted molar refractivity (Wildman–Crippen MR) is 74.4 cm³/mol. The SMILES string of the molecule is O=C1ON(c2ccccc2)C(=O)/C1=C/c1ccccc1. The van der Waals surface area contributed by atoms with Crippen LogP contribution in [0.1, 0.15) is 5.56 Å². The Balaban J connectivity index is 1.94. The molecular weight excluding hydrogens is 254 g/mol. The average Bonchev–Trinajstić information content (AvgIpc) is 2.77. The molecule has 0 bridgehead atoms. The van der Waals surface area contributed by atoms with Crippen LogP contribution in [0.2, 0.25) is 0 Å². The van der Waals surface area contributed by atoms with E-state index in [-0.39, 0.29) is 5.57 Å². The van der Waals surface area contributed by atoms with Gasteiger partial charge in [0.1, 0.15) is 5.57 Å². The first-order valence-corrected chi connectivity index (χ1v) is 6.14. The van der Waals surface area contributed by atoms with Crippen molar-refractivity contribution in [1.29, 1.82) is 0 Å². The van der Waals surface area contributed by atoms with E-state index in [1.807, 2.05) is 36.4 Å². The average molecular weight is 265 g/mol. The van der Waals surface area contributed by atoms with Crippen molar-refractivity contribution in [2.24, 2.45) is 0 Å². The molecule has 98 valence electrons. The normalized spacial score (nSPS) is 16.6. The van der Waals surface area contributed by atoms with Crippen molar-refractivity contribution >= 4 is 23.6 Å². The molecule has 0 unspecified atom stereocenters. The first-order valence-electron chi connectivity index (χ1n) is 6.14. The van der Waals surface area contributed by atoms with Crippen molar-refractivity contribution in [1.82, 2.24) is 0 Å². The van der Waals surface area contributed by atoms with E-state index in [0.29, 0.717) is 5.69 Å². The third-order valence-electron chi connectivity index (χ3n) is 2.91. The van der Waals surface area contributed by atoms with Crippen LogP contribution in [0.15, 0.2) is 66.2 Å². The van der Waals surface area contributed by atoms with E-state index < -0.39 is 11.9 Å². The molecule has 1 heterocycles. The van der Waals surface area contributed by atoms with Gasteiger partial charge in [0, 0.05) is 0 Å². The lowest BCUT2D eigenvalue weighted by molar-refractivity contribution is -0.137. The lowest BCUT2D eigenvalue weighted by Crippen LogP contribution is -2.22. The quantitative estimate of drug-likeness (QED) is 0.619. The number of nitrogens with zero attached hydrogens (tertiary/aromatic N) is 1. The van der Waals surface area contributed by atoms with Crippen molar-refractivity contribution in [2.75, 3.05) is 5.06 Å². The Kier molecular flexibility index (Phi) is 3.05. The second kappa shape index (κ2) is 5.01. The minimum absolute atomic E-state index is 0.0278. The minimum atomic E-state index is -0.636. The largest absolute Gasteiger partial charge is 0.369 e. The number of benzene rings is 2. The van der Waals surface area contributed by atoms with Gasteiger partial charge in [0.25, 0.3) is 5.91 Å². The molecule has 0 spiro atoms. The summed E-state index contributed by atoms with van der Waals surface area (Å²) >= 11 is 0. The molecule has 1 aliphatic heterocycles. The minimum Gasteiger partial charge on any atom is -0.327 e. The Morgan fingerprint density at radius 1 is 0.850 bits per heavy atom. The highest BCUT2D eigenvalue weighted by atomic mass is 16.7. The number of carbonyl (C=O) groups excluding carboxylic acids is 2. The van der Waals surface area contributed by atoms with Crippen molar-refractivity contribution in [3.8, 4) is 0 Å². The molecule has 1 aliphatic rings. The van der Waals surface area contributed by atoms with Crippen molar-refractivity contribution in [3.05, 3.63) is 71.8 Å². The van der Waals surface area contributed by atoms with Crippen LogP contribution in [-0.4, -0.2) is 11.9 Å². The maximum Gasteiger partial charge on any atom is 0.369 e. The maximum absolute atomic E-state index is 12.2. The smallest absolute Gasteiger partial charge is 0.327 e. The lowest BCUT2D eigenvalue weighted by atomic mass is 10.1. The van der Waals surface area contributed by atoms with E-state index in [0.717, 1.165) is 10.6 Å². The molecule has 4 heteroatoms. The molecule has 20 heavy (non-hydrogen) atoms. The number of rotatable bonds is 2. The van der Waals surface area contributed by atoms with Gasteiger partial charge in [0.2, 0.25) is 0 Å². The highest BCUT2D eigenvalue weighted by molar-refractivity contribution is 6.28. The van der Waals surface area contributed by atoms with Crippen LogP contribution in [0.5, 0.6) is 0 Å². The van der Waals surface area contributed by atoms with Gasteiger partial charge >= 0.3 is 5.97 Å². The molecule has 0 saturated carbocycles. The summed E-state index contributed by atoms with van der Waals surface area (Å²) in [6, 6.07) is 18.0. The summed E-state index contributed by atoms with van der Waals surface area (Å²) in [5, 5.41) is 1.01. The maximum atomic E-state index is 12.2. The fourth-order valence-corrected chi connectivity index (χ4v) is 1.94. The Hall–Kier alpha value is -2.88. The van der Waals surface area contributed by atoms with Crippen molar-refractivity contribution in [3.63, 3.8) is 0 Å². The first-order chi connectivity index (χ1) is 9.75. The highest BCUT2D eigenvalue weighted by Crippen LogP contribution is 2.24.